The number of carboxylic acids is 1. The summed E-state index contributed by atoms with van der Waals surface area (Å²) < 4.78 is 3.90. The molecular weight excluding hydrogens is 230 g/mol. The van der Waals surface area contributed by atoms with Crippen molar-refractivity contribution >= 4 is 5.97 Å². The molecule has 0 aliphatic heterocycles. The third kappa shape index (κ3) is 2.16. The summed E-state index contributed by atoms with van der Waals surface area (Å²) in [7, 11) is 0. The van der Waals surface area contributed by atoms with Crippen LogP contribution in [0.1, 0.15) is 34.7 Å². The Bertz CT molecular complexity index is 555. The minimum atomic E-state index is -0.874. The molecule has 0 aromatic carbocycles. The molecule has 1 unspecified atom stereocenters. The first-order valence-corrected chi connectivity index (χ1v) is 5.90. The molecule has 1 atom stereocenters. The number of aryl methyl sites for hydroxylation is 1. The molecule has 5 nitrogen and oxygen atoms in total. The van der Waals surface area contributed by atoms with Gasteiger partial charge in [0.25, 0.3) is 0 Å². The number of aromatic carboxylic acids is 1. The molecule has 0 amide bonds. The van der Waals surface area contributed by atoms with Crippen LogP contribution in [0.4, 0.5) is 0 Å². The molecule has 2 aromatic rings. The molecule has 96 valence electrons. The van der Waals surface area contributed by atoms with Crippen molar-refractivity contribution in [2.24, 2.45) is 0 Å². The normalized spacial score (nSPS) is 12.6. The van der Waals surface area contributed by atoms with Crippen molar-refractivity contribution in [3.05, 3.63) is 41.5 Å². The summed E-state index contributed by atoms with van der Waals surface area (Å²) in [4.78, 5) is 11.1. The lowest BCUT2D eigenvalue weighted by Crippen LogP contribution is -2.16. The number of hydrogen-bond donors (Lipinski definition) is 1. The predicted molar refractivity (Wildman–Crippen MR) is 67.8 cm³/mol. The van der Waals surface area contributed by atoms with E-state index in [1.54, 1.807) is 12.3 Å². The summed E-state index contributed by atoms with van der Waals surface area (Å²) in [6.45, 7) is 6.56. The fourth-order valence-electron chi connectivity index (χ4n) is 2.43. The lowest BCUT2D eigenvalue weighted by molar-refractivity contribution is 0.0696. The van der Waals surface area contributed by atoms with E-state index >= 15 is 0 Å². The van der Waals surface area contributed by atoms with Crippen LogP contribution in [0, 0.1) is 13.8 Å². The highest BCUT2D eigenvalue weighted by Crippen LogP contribution is 2.21. The second kappa shape index (κ2) is 4.68. The van der Waals surface area contributed by atoms with E-state index in [0.29, 0.717) is 5.56 Å². The monoisotopic (exact) mass is 247 g/mol. The van der Waals surface area contributed by atoms with Crippen molar-refractivity contribution in [2.45, 2.75) is 33.4 Å². The Labute approximate surface area is 106 Å². The van der Waals surface area contributed by atoms with Gasteiger partial charge in [-0.1, -0.05) is 0 Å². The van der Waals surface area contributed by atoms with Gasteiger partial charge >= 0.3 is 5.97 Å². The van der Waals surface area contributed by atoms with Crippen molar-refractivity contribution in [1.29, 1.82) is 0 Å². The van der Waals surface area contributed by atoms with Crippen LogP contribution in [-0.2, 0) is 6.54 Å². The first-order chi connectivity index (χ1) is 8.50. The molecular formula is C13H17N3O2. The largest absolute Gasteiger partial charge is 0.478 e. The topological polar surface area (TPSA) is 60.0 Å². The Hall–Kier alpha value is -2.04. The average molecular weight is 247 g/mol. The van der Waals surface area contributed by atoms with Crippen LogP contribution in [0.5, 0.6) is 0 Å². The second-order valence-corrected chi connectivity index (χ2v) is 4.54. The maximum atomic E-state index is 11.1. The lowest BCUT2D eigenvalue weighted by atomic mass is 10.2. The highest BCUT2D eigenvalue weighted by Gasteiger charge is 2.18. The molecule has 0 fully saturated rings. The van der Waals surface area contributed by atoms with Crippen LogP contribution in [0.25, 0.3) is 0 Å². The van der Waals surface area contributed by atoms with Crippen LogP contribution >= 0.6 is 0 Å². The van der Waals surface area contributed by atoms with Crippen LogP contribution in [-0.4, -0.2) is 25.4 Å². The van der Waals surface area contributed by atoms with E-state index < -0.39 is 5.97 Å². The van der Waals surface area contributed by atoms with Gasteiger partial charge in [-0.3, -0.25) is 4.68 Å². The van der Waals surface area contributed by atoms with E-state index in [2.05, 4.69) is 12.0 Å². The van der Waals surface area contributed by atoms with E-state index in [1.165, 1.54) is 0 Å². The molecule has 0 saturated carbocycles. The molecule has 0 spiro atoms. The predicted octanol–water partition coefficient (Wildman–Crippen LogP) is 2.26. The zero-order valence-electron chi connectivity index (χ0n) is 10.8. The van der Waals surface area contributed by atoms with Crippen molar-refractivity contribution < 1.29 is 9.90 Å². The van der Waals surface area contributed by atoms with Gasteiger partial charge in [0.2, 0.25) is 0 Å². The van der Waals surface area contributed by atoms with E-state index in [9.17, 15) is 4.79 Å². The molecule has 1 N–H and O–H groups in total. The molecule has 5 heteroatoms. The number of hydrogen-bond acceptors (Lipinski definition) is 2. The lowest BCUT2D eigenvalue weighted by Gasteiger charge is -2.18. The Morgan fingerprint density at radius 1 is 1.50 bits per heavy atom. The summed E-state index contributed by atoms with van der Waals surface area (Å²) in [5, 5.41) is 13.3. The summed E-state index contributed by atoms with van der Waals surface area (Å²) in [5.41, 5.74) is 2.13. The Balaban J connectivity index is 2.30. The SMILES string of the molecule is Cc1cc(C(=O)O)c(C)n1C(C)Cn1cccn1. The number of carbonyl (C=O) groups is 1. The zero-order chi connectivity index (χ0) is 13.3. The van der Waals surface area contributed by atoms with Gasteiger partial charge < -0.3 is 9.67 Å². The second-order valence-electron chi connectivity index (χ2n) is 4.54. The van der Waals surface area contributed by atoms with E-state index in [-0.39, 0.29) is 6.04 Å². The molecule has 0 bridgehead atoms. The highest BCUT2D eigenvalue weighted by molar-refractivity contribution is 5.89. The Morgan fingerprint density at radius 3 is 2.72 bits per heavy atom. The smallest absolute Gasteiger partial charge is 0.337 e. The van der Waals surface area contributed by atoms with Gasteiger partial charge in [-0.05, 0) is 32.9 Å². The van der Waals surface area contributed by atoms with Gasteiger partial charge in [0.1, 0.15) is 0 Å². The van der Waals surface area contributed by atoms with Gasteiger partial charge in [-0.2, -0.15) is 5.10 Å². The highest BCUT2D eigenvalue weighted by atomic mass is 16.4. The van der Waals surface area contributed by atoms with Crippen LogP contribution in [0.2, 0.25) is 0 Å². The van der Waals surface area contributed by atoms with Crippen LogP contribution in [0.15, 0.2) is 24.5 Å². The minimum absolute atomic E-state index is 0.165. The van der Waals surface area contributed by atoms with E-state index in [0.717, 1.165) is 17.9 Å². The van der Waals surface area contributed by atoms with Gasteiger partial charge in [0.05, 0.1) is 18.2 Å². The fourth-order valence-corrected chi connectivity index (χ4v) is 2.43. The molecule has 0 radical (unpaired) electrons. The first kappa shape index (κ1) is 12.4. The summed E-state index contributed by atoms with van der Waals surface area (Å²) in [6.07, 6.45) is 3.65. The van der Waals surface area contributed by atoms with Crippen molar-refractivity contribution in [3.63, 3.8) is 0 Å². The molecule has 0 aliphatic carbocycles. The molecule has 2 aromatic heterocycles. The van der Waals surface area contributed by atoms with Gasteiger partial charge in [-0.25, -0.2) is 4.79 Å². The van der Waals surface area contributed by atoms with Crippen LogP contribution < -0.4 is 0 Å². The Kier molecular flexibility index (Phi) is 3.23. The molecule has 2 rings (SSSR count). The van der Waals surface area contributed by atoms with Crippen molar-refractivity contribution in [3.8, 4) is 0 Å². The average Bonchev–Trinajstić information content (AvgIpc) is 2.86. The number of aromatic nitrogens is 3. The number of carboxylic acid groups (broad SMARTS) is 1. The standard InChI is InChI=1S/C13H17N3O2/c1-9-7-12(13(17)18)11(3)16(9)10(2)8-15-6-4-5-14-15/h4-7,10H,8H2,1-3H3,(H,17,18). The van der Waals surface area contributed by atoms with Gasteiger partial charge in [0, 0.05) is 23.8 Å². The maximum absolute atomic E-state index is 11.1. The van der Waals surface area contributed by atoms with E-state index in [1.807, 2.05) is 35.4 Å². The van der Waals surface area contributed by atoms with Gasteiger partial charge in [-0.15, -0.1) is 0 Å². The summed E-state index contributed by atoms with van der Waals surface area (Å²) in [6, 6.07) is 3.76. The molecule has 18 heavy (non-hydrogen) atoms. The molecule has 2 heterocycles. The molecule has 0 aliphatic rings. The maximum Gasteiger partial charge on any atom is 0.337 e. The fraction of sp³-hybridized carbons (Fsp3) is 0.385. The van der Waals surface area contributed by atoms with E-state index in [4.69, 9.17) is 5.11 Å². The number of rotatable bonds is 4. The van der Waals surface area contributed by atoms with Crippen molar-refractivity contribution in [2.75, 3.05) is 0 Å². The zero-order valence-corrected chi connectivity index (χ0v) is 10.8. The number of nitrogens with zero attached hydrogens (tertiary/aromatic N) is 3. The third-order valence-corrected chi connectivity index (χ3v) is 3.17. The summed E-state index contributed by atoms with van der Waals surface area (Å²) in [5.74, 6) is -0.874. The Morgan fingerprint density at radius 2 is 2.22 bits per heavy atom. The third-order valence-electron chi connectivity index (χ3n) is 3.17. The summed E-state index contributed by atoms with van der Waals surface area (Å²) >= 11 is 0. The minimum Gasteiger partial charge on any atom is -0.478 e. The van der Waals surface area contributed by atoms with Crippen LogP contribution in [0.3, 0.4) is 0 Å². The first-order valence-electron chi connectivity index (χ1n) is 5.90. The van der Waals surface area contributed by atoms with Crippen molar-refractivity contribution in [1.82, 2.24) is 14.3 Å². The van der Waals surface area contributed by atoms with Gasteiger partial charge in [0.15, 0.2) is 0 Å². The molecule has 0 saturated heterocycles. The quantitative estimate of drug-likeness (QED) is 0.901.